The highest BCUT2D eigenvalue weighted by atomic mass is 79.9. The molecule has 0 fully saturated rings. The maximum absolute atomic E-state index is 12.9. The molecule has 0 aromatic heterocycles. The zero-order valence-electron chi connectivity index (χ0n) is 9.84. The predicted octanol–water partition coefficient (Wildman–Crippen LogP) is 4.26. The lowest BCUT2D eigenvalue weighted by molar-refractivity contribution is -0.139. The normalized spacial score (nSPS) is 14.4. The Balaban J connectivity index is 3.43. The second-order valence-electron chi connectivity index (χ2n) is 3.97. The van der Waals surface area contributed by atoms with Crippen LogP contribution in [0.15, 0.2) is 27.6 Å². The maximum Gasteiger partial charge on any atom is 0.417 e. The molecule has 0 heterocycles. The second-order valence-corrected chi connectivity index (χ2v) is 7.60. The van der Waals surface area contributed by atoms with Crippen LogP contribution in [0.2, 0.25) is 0 Å². The first-order chi connectivity index (χ1) is 8.60. The molecule has 0 aliphatic carbocycles. The lowest BCUT2D eigenvalue weighted by Crippen LogP contribution is -2.22. The molecule has 0 saturated heterocycles. The van der Waals surface area contributed by atoms with Gasteiger partial charge in [-0.2, -0.15) is 13.2 Å². The molecule has 0 bridgehead atoms. The summed E-state index contributed by atoms with van der Waals surface area (Å²) in [6, 6.07) is 3.00. The summed E-state index contributed by atoms with van der Waals surface area (Å²) < 4.78 is 63.1. The molecule has 0 saturated carbocycles. The van der Waals surface area contributed by atoms with Crippen molar-refractivity contribution >= 4 is 37.4 Å². The summed E-state index contributed by atoms with van der Waals surface area (Å²) in [4.78, 5) is -0.708. The van der Waals surface area contributed by atoms with Crippen molar-refractivity contribution in [1.82, 2.24) is 0 Å². The Labute approximate surface area is 123 Å². The van der Waals surface area contributed by atoms with Gasteiger partial charge in [-0.15, -0.1) is 11.6 Å². The van der Waals surface area contributed by atoms with Gasteiger partial charge in [-0.05, 0) is 31.5 Å². The van der Waals surface area contributed by atoms with Crippen LogP contribution in [-0.4, -0.2) is 19.5 Å². The van der Waals surface area contributed by atoms with Crippen LogP contribution in [0.3, 0.4) is 0 Å². The van der Waals surface area contributed by atoms with Gasteiger partial charge in [-0.25, -0.2) is 8.42 Å². The predicted molar refractivity (Wildman–Crippen MR) is 71.1 cm³/mol. The van der Waals surface area contributed by atoms with Crippen LogP contribution < -0.4 is 0 Å². The van der Waals surface area contributed by atoms with Crippen LogP contribution in [0.25, 0.3) is 0 Å². The first-order valence-corrected chi connectivity index (χ1v) is 8.14. The minimum Gasteiger partial charge on any atom is -0.223 e. The zero-order chi connectivity index (χ0) is 14.8. The molecule has 0 aliphatic heterocycles. The molecule has 1 unspecified atom stereocenters. The Hall–Kier alpha value is -0.270. The third-order valence-corrected chi connectivity index (χ3v) is 5.57. The van der Waals surface area contributed by atoms with E-state index in [-0.39, 0.29) is 16.8 Å². The van der Waals surface area contributed by atoms with Crippen molar-refractivity contribution in [1.29, 1.82) is 0 Å². The number of sulfone groups is 1. The second kappa shape index (κ2) is 6.01. The van der Waals surface area contributed by atoms with Crippen molar-refractivity contribution in [2.75, 3.05) is 5.88 Å². The average molecular weight is 380 g/mol. The highest BCUT2D eigenvalue weighted by molar-refractivity contribution is 9.10. The number of benzene rings is 1. The monoisotopic (exact) mass is 378 g/mol. The van der Waals surface area contributed by atoms with Crippen molar-refractivity contribution in [2.45, 2.75) is 29.7 Å². The largest absolute Gasteiger partial charge is 0.417 e. The van der Waals surface area contributed by atoms with Gasteiger partial charge in [0.1, 0.15) is 0 Å². The Kier molecular flexibility index (Phi) is 5.31. The fraction of sp³-hybridized carbons (Fsp3) is 0.455. The van der Waals surface area contributed by atoms with E-state index in [0.717, 1.165) is 12.1 Å². The molecule has 0 N–H and O–H groups in total. The van der Waals surface area contributed by atoms with Gasteiger partial charge in [-0.3, -0.25) is 0 Å². The smallest absolute Gasteiger partial charge is 0.223 e. The van der Waals surface area contributed by atoms with Gasteiger partial charge < -0.3 is 0 Å². The van der Waals surface area contributed by atoms with E-state index in [4.69, 9.17) is 11.6 Å². The Morgan fingerprint density at radius 2 is 1.95 bits per heavy atom. The third-order valence-electron chi connectivity index (χ3n) is 2.60. The van der Waals surface area contributed by atoms with Crippen LogP contribution in [-0.2, 0) is 16.0 Å². The minimum atomic E-state index is -4.73. The standard InChI is InChI=1S/C11H11BrClF3O2S/c1-7(4-5-13)19(17,18)10-3-2-8(12)6-9(10)11(14,15)16/h2-3,6-7H,4-5H2,1H3. The summed E-state index contributed by atoms with van der Waals surface area (Å²) in [5.74, 6) is 0.0677. The summed E-state index contributed by atoms with van der Waals surface area (Å²) in [6.45, 7) is 1.35. The minimum absolute atomic E-state index is 0.0677. The summed E-state index contributed by atoms with van der Waals surface area (Å²) in [6.07, 6.45) is -4.63. The lowest BCUT2D eigenvalue weighted by Gasteiger charge is -2.17. The van der Waals surface area contributed by atoms with E-state index in [1.54, 1.807) is 0 Å². The van der Waals surface area contributed by atoms with E-state index in [1.165, 1.54) is 13.0 Å². The topological polar surface area (TPSA) is 34.1 Å². The van der Waals surface area contributed by atoms with Gasteiger partial charge in [0.15, 0.2) is 9.84 Å². The van der Waals surface area contributed by atoms with Crippen molar-refractivity contribution in [3.8, 4) is 0 Å². The van der Waals surface area contributed by atoms with E-state index in [0.29, 0.717) is 0 Å². The Morgan fingerprint density at radius 1 is 1.37 bits per heavy atom. The van der Waals surface area contributed by atoms with Gasteiger partial charge >= 0.3 is 6.18 Å². The molecular weight excluding hydrogens is 369 g/mol. The summed E-state index contributed by atoms with van der Waals surface area (Å²) in [5, 5.41) is -0.965. The average Bonchev–Trinajstić information content (AvgIpc) is 2.27. The summed E-state index contributed by atoms with van der Waals surface area (Å²) in [5.41, 5.74) is -1.16. The van der Waals surface area contributed by atoms with Crippen LogP contribution in [0.4, 0.5) is 13.2 Å². The quantitative estimate of drug-likeness (QED) is 0.733. The van der Waals surface area contributed by atoms with Gasteiger partial charge in [0.05, 0.1) is 15.7 Å². The maximum atomic E-state index is 12.9. The molecule has 0 spiro atoms. The van der Waals surface area contributed by atoms with E-state index >= 15 is 0 Å². The number of halogens is 5. The number of alkyl halides is 4. The van der Waals surface area contributed by atoms with Gasteiger partial charge in [0.2, 0.25) is 0 Å². The molecule has 1 aromatic carbocycles. The molecule has 0 amide bonds. The van der Waals surface area contributed by atoms with Gasteiger partial charge in [0, 0.05) is 10.4 Å². The first kappa shape index (κ1) is 16.8. The fourth-order valence-electron chi connectivity index (χ4n) is 1.50. The molecule has 19 heavy (non-hydrogen) atoms. The van der Waals surface area contributed by atoms with E-state index in [2.05, 4.69) is 15.9 Å². The van der Waals surface area contributed by atoms with Crippen molar-refractivity contribution in [3.63, 3.8) is 0 Å². The van der Waals surface area contributed by atoms with E-state index in [9.17, 15) is 21.6 Å². The lowest BCUT2D eigenvalue weighted by atomic mass is 10.2. The van der Waals surface area contributed by atoms with Crippen LogP contribution in [0.1, 0.15) is 18.9 Å². The molecule has 2 nitrogen and oxygen atoms in total. The van der Waals surface area contributed by atoms with Crippen molar-refractivity contribution in [2.24, 2.45) is 0 Å². The zero-order valence-corrected chi connectivity index (χ0v) is 13.0. The molecule has 1 aromatic rings. The molecule has 0 aliphatic rings. The van der Waals surface area contributed by atoms with E-state index in [1.807, 2.05) is 0 Å². The Bertz CT molecular complexity index is 558. The number of rotatable bonds is 4. The molecular formula is C11H11BrClF3O2S. The highest BCUT2D eigenvalue weighted by Gasteiger charge is 2.38. The Morgan fingerprint density at radius 3 is 2.42 bits per heavy atom. The number of hydrogen-bond acceptors (Lipinski definition) is 2. The van der Waals surface area contributed by atoms with Crippen molar-refractivity contribution < 1.29 is 21.6 Å². The van der Waals surface area contributed by atoms with Crippen LogP contribution in [0.5, 0.6) is 0 Å². The first-order valence-electron chi connectivity index (χ1n) is 5.27. The van der Waals surface area contributed by atoms with Crippen molar-refractivity contribution in [3.05, 3.63) is 28.2 Å². The summed E-state index contributed by atoms with van der Waals surface area (Å²) >= 11 is 8.36. The van der Waals surface area contributed by atoms with Crippen LogP contribution >= 0.6 is 27.5 Å². The third kappa shape index (κ3) is 3.86. The van der Waals surface area contributed by atoms with E-state index < -0.39 is 31.7 Å². The van der Waals surface area contributed by atoms with Crippen LogP contribution in [0, 0.1) is 0 Å². The molecule has 108 valence electrons. The molecule has 1 rings (SSSR count). The SMILES string of the molecule is CC(CCCl)S(=O)(=O)c1ccc(Br)cc1C(F)(F)F. The number of hydrogen-bond donors (Lipinski definition) is 0. The van der Waals surface area contributed by atoms with Gasteiger partial charge in [-0.1, -0.05) is 15.9 Å². The molecule has 8 heteroatoms. The highest BCUT2D eigenvalue weighted by Crippen LogP contribution is 2.37. The molecule has 1 atom stereocenters. The molecule has 0 radical (unpaired) electrons. The van der Waals surface area contributed by atoms with Gasteiger partial charge in [0.25, 0.3) is 0 Å². The fourth-order valence-corrected chi connectivity index (χ4v) is 3.92. The summed E-state index contributed by atoms with van der Waals surface area (Å²) in [7, 11) is -4.06.